The van der Waals surface area contributed by atoms with Crippen molar-refractivity contribution in [3.8, 4) is 0 Å². The Morgan fingerprint density at radius 3 is 3.19 bits per heavy atom. The van der Waals surface area contributed by atoms with Crippen LogP contribution in [0.1, 0.15) is 17.7 Å². The number of hydrogen-bond acceptors (Lipinski definition) is 4. The van der Waals surface area contributed by atoms with Crippen LogP contribution in [0.5, 0.6) is 0 Å². The van der Waals surface area contributed by atoms with E-state index in [0.29, 0.717) is 6.10 Å². The number of hydrogen-bond donors (Lipinski definition) is 1. The Kier molecular flexibility index (Phi) is 3.98. The van der Waals surface area contributed by atoms with Gasteiger partial charge < -0.3 is 14.5 Å². The lowest BCUT2D eigenvalue weighted by molar-refractivity contribution is 0.106. The lowest BCUT2D eigenvalue weighted by Crippen LogP contribution is -2.22. The van der Waals surface area contributed by atoms with Gasteiger partial charge in [-0.05, 0) is 19.5 Å². The molecule has 1 atom stereocenters. The number of nitrogens with zero attached hydrogens (tertiary/aromatic N) is 1. The van der Waals surface area contributed by atoms with Gasteiger partial charge in [-0.3, -0.25) is 4.90 Å². The molecule has 1 fully saturated rings. The molecule has 2 heterocycles. The van der Waals surface area contributed by atoms with E-state index in [4.69, 9.17) is 9.15 Å². The van der Waals surface area contributed by atoms with Gasteiger partial charge in [0, 0.05) is 32.3 Å². The van der Waals surface area contributed by atoms with Gasteiger partial charge in [0.05, 0.1) is 18.9 Å². The first-order valence-electron chi connectivity index (χ1n) is 5.78. The molecule has 1 N–H and O–H groups in total. The highest BCUT2D eigenvalue weighted by atomic mass is 16.5. The highest BCUT2D eigenvalue weighted by Gasteiger charge is 2.22. The molecule has 4 heteroatoms. The molecular formula is C12H20N2O2. The van der Waals surface area contributed by atoms with E-state index in [1.165, 1.54) is 5.56 Å². The van der Waals surface area contributed by atoms with E-state index in [0.717, 1.165) is 38.4 Å². The second kappa shape index (κ2) is 5.48. The van der Waals surface area contributed by atoms with Crippen molar-refractivity contribution in [3.63, 3.8) is 0 Å². The normalized spacial score (nSPS) is 21.8. The molecule has 0 aromatic carbocycles. The van der Waals surface area contributed by atoms with Gasteiger partial charge in [0.2, 0.25) is 0 Å². The van der Waals surface area contributed by atoms with E-state index < -0.39 is 0 Å². The second-order valence-corrected chi connectivity index (χ2v) is 4.33. The smallest absolute Gasteiger partial charge is 0.118 e. The zero-order valence-electron chi connectivity index (χ0n) is 10.0. The van der Waals surface area contributed by atoms with E-state index in [-0.39, 0.29) is 0 Å². The molecule has 1 saturated heterocycles. The SMILES string of the molecule is CNCc1coc(CN2CCC(OC)C2)c1. The van der Waals surface area contributed by atoms with Crippen LogP contribution in [0.25, 0.3) is 0 Å². The maximum atomic E-state index is 5.53. The summed E-state index contributed by atoms with van der Waals surface area (Å²) >= 11 is 0. The molecule has 1 aromatic rings. The number of nitrogens with one attached hydrogen (secondary N) is 1. The van der Waals surface area contributed by atoms with E-state index >= 15 is 0 Å². The van der Waals surface area contributed by atoms with Gasteiger partial charge in [-0.1, -0.05) is 0 Å². The van der Waals surface area contributed by atoms with E-state index in [1.54, 1.807) is 7.11 Å². The monoisotopic (exact) mass is 224 g/mol. The lowest BCUT2D eigenvalue weighted by Gasteiger charge is -2.13. The minimum Gasteiger partial charge on any atom is -0.468 e. The van der Waals surface area contributed by atoms with Crippen molar-refractivity contribution in [1.82, 2.24) is 10.2 Å². The predicted molar refractivity (Wildman–Crippen MR) is 62.2 cm³/mol. The third-order valence-corrected chi connectivity index (χ3v) is 3.03. The fourth-order valence-electron chi connectivity index (χ4n) is 2.16. The van der Waals surface area contributed by atoms with Crippen LogP contribution in [0.2, 0.25) is 0 Å². The lowest BCUT2D eigenvalue weighted by atomic mass is 10.3. The van der Waals surface area contributed by atoms with Crippen LogP contribution in [0.3, 0.4) is 0 Å². The van der Waals surface area contributed by atoms with Crippen LogP contribution in [0, 0.1) is 0 Å². The summed E-state index contributed by atoms with van der Waals surface area (Å²) in [7, 11) is 3.72. The Hall–Kier alpha value is -0.840. The molecule has 16 heavy (non-hydrogen) atoms. The van der Waals surface area contributed by atoms with Crippen molar-refractivity contribution in [1.29, 1.82) is 0 Å². The number of rotatable bonds is 5. The highest BCUT2D eigenvalue weighted by Crippen LogP contribution is 2.16. The van der Waals surface area contributed by atoms with Crippen molar-refractivity contribution in [3.05, 3.63) is 23.7 Å². The molecule has 1 aromatic heterocycles. The van der Waals surface area contributed by atoms with Crippen molar-refractivity contribution < 1.29 is 9.15 Å². The first kappa shape index (κ1) is 11.6. The summed E-state index contributed by atoms with van der Waals surface area (Å²) in [5, 5.41) is 3.11. The second-order valence-electron chi connectivity index (χ2n) is 4.33. The molecule has 4 nitrogen and oxygen atoms in total. The highest BCUT2D eigenvalue weighted by molar-refractivity contribution is 5.12. The molecule has 1 aliphatic rings. The predicted octanol–water partition coefficient (Wildman–Crippen LogP) is 1.22. The molecule has 0 amide bonds. The number of furan rings is 1. The Balaban J connectivity index is 1.84. The third-order valence-electron chi connectivity index (χ3n) is 3.03. The van der Waals surface area contributed by atoms with Gasteiger partial charge in [-0.25, -0.2) is 0 Å². The van der Waals surface area contributed by atoms with Crippen molar-refractivity contribution >= 4 is 0 Å². The van der Waals surface area contributed by atoms with Gasteiger partial charge in [-0.2, -0.15) is 0 Å². The summed E-state index contributed by atoms with van der Waals surface area (Å²) in [6, 6.07) is 2.12. The molecule has 0 spiro atoms. The summed E-state index contributed by atoms with van der Waals surface area (Å²) in [6.07, 6.45) is 3.35. The topological polar surface area (TPSA) is 37.6 Å². The minimum atomic E-state index is 0.395. The van der Waals surface area contributed by atoms with E-state index in [2.05, 4.69) is 16.3 Å². The third kappa shape index (κ3) is 2.84. The number of methoxy groups -OCH3 is 1. The van der Waals surface area contributed by atoms with Crippen LogP contribution < -0.4 is 5.32 Å². The molecule has 2 rings (SSSR count). The average molecular weight is 224 g/mol. The van der Waals surface area contributed by atoms with Crippen LogP contribution in [-0.4, -0.2) is 38.3 Å². The standard InChI is InChI=1S/C12H20N2O2/c1-13-6-10-5-12(16-9-10)8-14-4-3-11(7-14)15-2/h5,9,11,13H,3-4,6-8H2,1-2H3. The zero-order chi connectivity index (χ0) is 11.4. The molecule has 1 unspecified atom stereocenters. The summed E-state index contributed by atoms with van der Waals surface area (Å²) in [6.45, 7) is 3.87. The van der Waals surface area contributed by atoms with Gasteiger partial charge in [-0.15, -0.1) is 0 Å². The molecular weight excluding hydrogens is 204 g/mol. The van der Waals surface area contributed by atoms with Gasteiger partial charge in [0.15, 0.2) is 0 Å². The summed E-state index contributed by atoms with van der Waals surface area (Å²) in [5.41, 5.74) is 1.21. The molecule has 0 bridgehead atoms. The number of ether oxygens (including phenoxy) is 1. The maximum absolute atomic E-state index is 5.53. The molecule has 0 radical (unpaired) electrons. The Bertz CT molecular complexity index is 325. The molecule has 90 valence electrons. The maximum Gasteiger partial charge on any atom is 0.118 e. The Morgan fingerprint density at radius 2 is 2.50 bits per heavy atom. The summed E-state index contributed by atoms with van der Waals surface area (Å²) < 4.78 is 10.9. The first-order valence-corrected chi connectivity index (χ1v) is 5.78. The Labute approximate surface area is 96.6 Å². The number of likely N-dealkylation sites (tertiary alicyclic amines) is 1. The molecule has 1 aliphatic heterocycles. The van der Waals surface area contributed by atoms with E-state index in [9.17, 15) is 0 Å². The van der Waals surface area contributed by atoms with Crippen LogP contribution in [-0.2, 0) is 17.8 Å². The van der Waals surface area contributed by atoms with Gasteiger partial charge >= 0.3 is 0 Å². The summed E-state index contributed by atoms with van der Waals surface area (Å²) in [5.74, 6) is 1.04. The van der Waals surface area contributed by atoms with Crippen LogP contribution in [0.4, 0.5) is 0 Å². The first-order chi connectivity index (χ1) is 7.81. The molecule has 0 saturated carbocycles. The minimum absolute atomic E-state index is 0.395. The van der Waals surface area contributed by atoms with Gasteiger partial charge in [0.25, 0.3) is 0 Å². The largest absolute Gasteiger partial charge is 0.468 e. The quantitative estimate of drug-likeness (QED) is 0.816. The van der Waals surface area contributed by atoms with E-state index in [1.807, 2.05) is 13.3 Å². The summed E-state index contributed by atoms with van der Waals surface area (Å²) in [4.78, 5) is 2.37. The van der Waals surface area contributed by atoms with Crippen LogP contribution in [0.15, 0.2) is 16.7 Å². The zero-order valence-corrected chi connectivity index (χ0v) is 10.0. The molecule has 0 aliphatic carbocycles. The van der Waals surface area contributed by atoms with Crippen molar-refractivity contribution in [2.45, 2.75) is 25.6 Å². The fraction of sp³-hybridized carbons (Fsp3) is 0.667. The van der Waals surface area contributed by atoms with Gasteiger partial charge in [0.1, 0.15) is 5.76 Å². The van der Waals surface area contributed by atoms with Crippen molar-refractivity contribution in [2.75, 3.05) is 27.2 Å². The van der Waals surface area contributed by atoms with Crippen LogP contribution >= 0.6 is 0 Å². The fourth-order valence-corrected chi connectivity index (χ4v) is 2.16. The Morgan fingerprint density at radius 1 is 1.62 bits per heavy atom. The average Bonchev–Trinajstić information content (AvgIpc) is 2.89. The van der Waals surface area contributed by atoms with Crippen molar-refractivity contribution in [2.24, 2.45) is 0 Å².